The average Bonchev–Trinajstić information content (AvgIpc) is 3.53. The number of rotatable bonds is 7. The number of para-hydroxylation sites is 3. The highest BCUT2D eigenvalue weighted by Gasteiger charge is 2.36. The Kier molecular flexibility index (Phi) is 7.93. The number of aryl methyl sites for hydroxylation is 2. The van der Waals surface area contributed by atoms with Gasteiger partial charge >= 0.3 is 0 Å². The predicted molar refractivity (Wildman–Crippen MR) is 226 cm³/mol. The highest BCUT2D eigenvalue weighted by molar-refractivity contribution is 6.14. The fraction of sp³-hybridized carbons (Fsp3) is 0.137. The van der Waals surface area contributed by atoms with Crippen molar-refractivity contribution < 1.29 is 0 Å². The molecule has 8 aromatic rings. The second kappa shape index (κ2) is 12.8. The smallest absolute Gasteiger partial charge is 0.0582 e. The zero-order chi connectivity index (χ0) is 36.3. The summed E-state index contributed by atoms with van der Waals surface area (Å²) in [5.41, 5.74) is 18.9. The molecule has 0 saturated carbocycles. The van der Waals surface area contributed by atoms with E-state index < -0.39 is 0 Å². The van der Waals surface area contributed by atoms with Crippen molar-refractivity contribution >= 4 is 44.4 Å². The number of benzene rings is 7. The maximum atomic E-state index is 2.58. The number of fused-ring (bicyclic) bond motifs is 5. The first-order chi connectivity index (χ1) is 25.9. The van der Waals surface area contributed by atoms with E-state index in [1.165, 1.54) is 77.6 Å². The molecule has 1 aliphatic heterocycles. The molecule has 0 aliphatic carbocycles. The Morgan fingerprint density at radius 2 is 1.21 bits per heavy atom. The van der Waals surface area contributed by atoms with Crippen molar-refractivity contribution in [2.24, 2.45) is 0 Å². The lowest BCUT2D eigenvalue weighted by atomic mass is 9.74. The van der Waals surface area contributed by atoms with Crippen molar-refractivity contribution in [1.29, 1.82) is 0 Å². The molecule has 0 bridgehead atoms. The first-order valence-electron chi connectivity index (χ1n) is 18.9. The quantitative estimate of drug-likeness (QED) is 0.162. The second-order valence-electron chi connectivity index (χ2n) is 14.9. The monoisotopic (exact) mass is 684 g/mol. The van der Waals surface area contributed by atoms with Gasteiger partial charge in [0.2, 0.25) is 0 Å². The van der Waals surface area contributed by atoms with Crippen molar-refractivity contribution in [2.75, 3.05) is 4.90 Å². The molecule has 0 amide bonds. The molecule has 53 heavy (non-hydrogen) atoms. The summed E-state index contributed by atoms with van der Waals surface area (Å²) in [6, 6.07) is 58.0. The van der Waals surface area contributed by atoms with E-state index >= 15 is 0 Å². The van der Waals surface area contributed by atoms with Crippen LogP contribution in [0.15, 0.2) is 164 Å². The third-order valence-electron chi connectivity index (χ3n) is 11.4. The molecular weight excluding hydrogens is 641 g/mol. The van der Waals surface area contributed by atoms with Gasteiger partial charge in [-0.15, -0.1) is 0 Å². The molecule has 2 heterocycles. The molecule has 9 rings (SSSR count). The van der Waals surface area contributed by atoms with Crippen molar-refractivity contribution in [1.82, 2.24) is 4.57 Å². The van der Waals surface area contributed by atoms with Crippen molar-refractivity contribution in [2.45, 2.75) is 46.5 Å². The topological polar surface area (TPSA) is 8.17 Å². The molecule has 0 atom stereocenters. The first kappa shape index (κ1) is 32.8. The maximum absolute atomic E-state index is 2.58. The van der Waals surface area contributed by atoms with Gasteiger partial charge < -0.3 is 9.47 Å². The molecule has 0 spiro atoms. The Bertz CT molecular complexity index is 2640. The predicted octanol–water partition coefficient (Wildman–Crippen LogP) is 13.9. The lowest BCUT2D eigenvalue weighted by Gasteiger charge is -2.35. The van der Waals surface area contributed by atoms with E-state index in [4.69, 9.17) is 0 Å². The van der Waals surface area contributed by atoms with Gasteiger partial charge in [0.25, 0.3) is 0 Å². The van der Waals surface area contributed by atoms with E-state index in [1.54, 1.807) is 0 Å². The average molecular weight is 685 g/mol. The molecule has 7 aromatic carbocycles. The summed E-state index contributed by atoms with van der Waals surface area (Å²) in [4.78, 5) is 2.32. The number of hydrogen-bond acceptors (Lipinski definition) is 1. The number of allylic oxidation sites excluding steroid dienone is 1. The number of nitrogens with zero attached hydrogens (tertiary/aromatic N) is 2. The Balaban J connectivity index is 1.28. The van der Waals surface area contributed by atoms with Crippen molar-refractivity contribution in [3.8, 4) is 16.8 Å². The SMILES string of the molecule is CC=C(c1cc(CC)c2c(c1)c1cc(-c3ccc(N(c4ccccc4)c4ccccc4)cc3)cc3c1n2-c1ccccc1C3(C)C)c1ccccc1C. The van der Waals surface area contributed by atoms with Gasteiger partial charge in [0.1, 0.15) is 0 Å². The van der Waals surface area contributed by atoms with Gasteiger partial charge in [0, 0.05) is 33.2 Å². The summed E-state index contributed by atoms with van der Waals surface area (Å²) >= 11 is 0. The van der Waals surface area contributed by atoms with Gasteiger partial charge in [-0.05, 0) is 137 Å². The van der Waals surface area contributed by atoms with Crippen LogP contribution in [0.25, 0.3) is 44.2 Å². The molecular formula is C51H44N2. The van der Waals surface area contributed by atoms with Crippen LogP contribution in [-0.2, 0) is 11.8 Å². The van der Waals surface area contributed by atoms with Gasteiger partial charge in [0.15, 0.2) is 0 Å². The molecule has 1 aromatic heterocycles. The molecule has 0 saturated heterocycles. The summed E-state index contributed by atoms with van der Waals surface area (Å²) in [6.07, 6.45) is 3.23. The minimum absolute atomic E-state index is 0.183. The van der Waals surface area contributed by atoms with Crippen LogP contribution in [0.4, 0.5) is 17.1 Å². The third-order valence-corrected chi connectivity index (χ3v) is 11.4. The molecule has 0 fully saturated rings. The Morgan fingerprint density at radius 3 is 1.87 bits per heavy atom. The molecule has 2 nitrogen and oxygen atoms in total. The maximum Gasteiger partial charge on any atom is 0.0582 e. The van der Waals surface area contributed by atoms with Crippen LogP contribution < -0.4 is 4.90 Å². The zero-order valence-corrected chi connectivity index (χ0v) is 31.2. The first-order valence-corrected chi connectivity index (χ1v) is 18.9. The molecule has 1 aliphatic rings. The fourth-order valence-corrected chi connectivity index (χ4v) is 8.76. The van der Waals surface area contributed by atoms with Crippen molar-refractivity contribution in [3.63, 3.8) is 0 Å². The largest absolute Gasteiger partial charge is 0.311 e. The van der Waals surface area contributed by atoms with E-state index in [0.717, 1.165) is 23.5 Å². The molecule has 0 unspecified atom stereocenters. The van der Waals surface area contributed by atoms with E-state index in [1.807, 2.05) is 0 Å². The van der Waals surface area contributed by atoms with E-state index in [0.29, 0.717) is 0 Å². The van der Waals surface area contributed by atoms with Crippen LogP contribution >= 0.6 is 0 Å². The number of aromatic nitrogens is 1. The summed E-state index contributed by atoms with van der Waals surface area (Å²) in [7, 11) is 0. The standard InChI is InChI=1S/C51H44N2/c1-6-35-30-38(42(7-2)43-23-15-14-18-34(43)3)32-44-45-31-37(33-47-50(45)53(49(35)44)48-25-17-16-24-46(48)51(47,4)5)36-26-28-41(29-27-36)52(39-19-10-8-11-20-39)40-21-12-9-13-22-40/h7-33H,6H2,1-5H3. The minimum Gasteiger partial charge on any atom is -0.311 e. The molecule has 0 N–H and O–H groups in total. The summed E-state index contributed by atoms with van der Waals surface area (Å²) in [6.45, 7) is 11.5. The highest BCUT2D eigenvalue weighted by Crippen LogP contribution is 2.50. The Morgan fingerprint density at radius 1 is 0.604 bits per heavy atom. The fourth-order valence-electron chi connectivity index (χ4n) is 8.76. The third kappa shape index (κ3) is 5.24. The van der Waals surface area contributed by atoms with E-state index in [9.17, 15) is 0 Å². The molecule has 2 heteroatoms. The van der Waals surface area contributed by atoms with Crippen LogP contribution in [0.5, 0.6) is 0 Å². The zero-order valence-electron chi connectivity index (χ0n) is 31.2. The normalized spacial score (nSPS) is 13.3. The number of hydrogen-bond donors (Lipinski definition) is 0. The van der Waals surface area contributed by atoms with Crippen LogP contribution in [0.1, 0.15) is 61.1 Å². The lowest BCUT2D eigenvalue weighted by molar-refractivity contribution is 0.630. The Labute approximate surface area is 313 Å². The summed E-state index contributed by atoms with van der Waals surface area (Å²) < 4.78 is 2.58. The summed E-state index contributed by atoms with van der Waals surface area (Å²) in [5, 5.41) is 2.62. The Hall–Kier alpha value is -6.12. The molecule has 258 valence electrons. The van der Waals surface area contributed by atoms with Crippen LogP contribution in [0.3, 0.4) is 0 Å². The van der Waals surface area contributed by atoms with Crippen LogP contribution in [0.2, 0.25) is 0 Å². The van der Waals surface area contributed by atoms with E-state index in [2.05, 4.69) is 208 Å². The highest BCUT2D eigenvalue weighted by atomic mass is 15.1. The van der Waals surface area contributed by atoms with Gasteiger partial charge in [0.05, 0.1) is 16.7 Å². The van der Waals surface area contributed by atoms with Crippen molar-refractivity contribution in [3.05, 3.63) is 197 Å². The molecule has 0 radical (unpaired) electrons. The lowest BCUT2D eigenvalue weighted by Crippen LogP contribution is -2.26. The van der Waals surface area contributed by atoms with E-state index in [-0.39, 0.29) is 5.41 Å². The van der Waals surface area contributed by atoms with Crippen LogP contribution in [-0.4, -0.2) is 4.57 Å². The second-order valence-corrected chi connectivity index (χ2v) is 14.9. The number of anilines is 3. The van der Waals surface area contributed by atoms with Gasteiger partial charge in [-0.1, -0.05) is 118 Å². The van der Waals surface area contributed by atoms with Gasteiger partial charge in [-0.2, -0.15) is 0 Å². The van der Waals surface area contributed by atoms with Crippen LogP contribution in [0, 0.1) is 6.92 Å². The van der Waals surface area contributed by atoms with Gasteiger partial charge in [-0.25, -0.2) is 0 Å². The summed E-state index contributed by atoms with van der Waals surface area (Å²) in [5.74, 6) is 0. The van der Waals surface area contributed by atoms with Gasteiger partial charge in [-0.3, -0.25) is 0 Å². The minimum atomic E-state index is -0.183.